The number of nitrogens with zero attached hydrogens (tertiary/aromatic N) is 3. The number of hydrogen-bond acceptors (Lipinski definition) is 5. The van der Waals surface area contributed by atoms with Gasteiger partial charge in [0.15, 0.2) is 5.82 Å². The van der Waals surface area contributed by atoms with E-state index in [9.17, 15) is 8.78 Å². The van der Waals surface area contributed by atoms with E-state index in [4.69, 9.17) is 17.0 Å². The minimum absolute atomic E-state index is 0.0558. The Bertz CT molecular complexity index is 1250. The van der Waals surface area contributed by atoms with Crippen LogP contribution in [0.25, 0.3) is 11.4 Å². The fourth-order valence-corrected chi connectivity index (χ4v) is 3.10. The molecule has 4 aromatic rings. The summed E-state index contributed by atoms with van der Waals surface area (Å²) in [5.41, 5.74) is 2.52. The Morgan fingerprint density at radius 1 is 1.00 bits per heavy atom. The zero-order valence-electron chi connectivity index (χ0n) is 16.7. The summed E-state index contributed by atoms with van der Waals surface area (Å²) in [6.07, 6.45) is 1.64. The first-order chi connectivity index (χ1) is 15.6. The third-order valence-electron chi connectivity index (χ3n) is 4.42. The number of benzene rings is 3. The molecule has 3 aromatic carbocycles. The number of alkyl halides is 2. The van der Waals surface area contributed by atoms with Crippen molar-refractivity contribution in [2.45, 2.75) is 13.2 Å². The van der Waals surface area contributed by atoms with Crippen molar-refractivity contribution in [1.82, 2.24) is 14.9 Å². The van der Waals surface area contributed by atoms with E-state index in [0.717, 1.165) is 11.1 Å². The van der Waals surface area contributed by atoms with Gasteiger partial charge in [-0.3, -0.25) is 0 Å². The van der Waals surface area contributed by atoms with Crippen LogP contribution < -0.4 is 9.47 Å². The lowest BCUT2D eigenvalue weighted by molar-refractivity contribution is -0.0498. The Morgan fingerprint density at radius 2 is 1.78 bits per heavy atom. The second kappa shape index (κ2) is 9.97. The van der Waals surface area contributed by atoms with Gasteiger partial charge in [-0.2, -0.15) is 23.7 Å². The molecule has 9 heteroatoms. The van der Waals surface area contributed by atoms with Crippen LogP contribution in [-0.2, 0) is 6.61 Å². The largest absolute Gasteiger partial charge is 0.489 e. The maximum atomic E-state index is 12.4. The van der Waals surface area contributed by atoms with Gasteiger partial charge < -0.3 is 9.47 Å². The van der Waals surface area contributed by atoms with E-state index >= 15 is 0 Å². The van der Waals surface area contributed by atoms with Gasteiger partial charge in [0.2, 0.25) is 4.77 Å². The summed E-state index contributed by atoms with van der Waals surface area (Å²) in [6.45, 7) is -2.42. The normalized spacial score (nSPS) is 11.2. The van der Waals surface area contributed by atoms with Crippen molar-refractivity contribution in [3.8, 4) is 22.9 Å². The highest BCUT2D eigenvalue weighted by molar-refractivity contribution is 7.71. The molecule has 32 heavy (non-hydrogen) atoms. The molecule has 4 rings (SSSR count). The minimum Gasteiger partial charge on any atom is -0.489 e. The highest BCUT2D eigenvalue weighted by Crippen LogP contribution is 2.22. The third-order valence-corrected chi connectivity index (χ3v) is 4.68. The molecule has 1 aromatic heterocycles. The van der Waals surface area contributed by atoms with Crippen molar-refractivity contribution in [2.75, 3.05) is 0 Å². The molecule has 6 nitrogen and oxygen atoms in total. The van der Waals surface area contributed by atoms with Crippen molar-refractivity contribution < 1.29 is 18.3 Å². The second-order valence-electron chi connectivity index (χ2n) is 6.66. The standard InChI is InChI=1S/C23H18F2N4O2S/c24-22(25)31-19-11-9-18(10-12-19)21-27-28-23(32)29(21)26-14-17-7-4-8-20(13-17)30-15-16-5-2-1-3-6-16/h1-14,22H,15H2,(H,28,32). The molecule has 1 N–H and O–H groups in total. The number of halogens is 2. The number of H-pyrrole nitrogens is 1. The van der Waals surface area contributed by atoms with E-state index < -0.39 is 6.61 Å². The highest BCUT2D eigenvalue weighted by atomic mass is 32.1. The van der Waals surface area contributed by atoms with Crippen molar-refractivity contribution in [3.63, 3.8) is 0 Å². The van der Waals surface area contributed by atoms with Gasteiger partial charge in [0.1, 0.15) is 18.1 Å². The lowest BCUT2D eigenvalue weighted by Crippen LogP contribution is -2.01. The van der Waals surface area contributed by atoms with Crippen LogP contribution in [0.4, 0.5) is 8.78 Å². The molecule has 0 saturated heterocycles. The van der Waals surface area contributed by atoms with E-state index in [1.54, 1.807) is 18.3 Å². The maximum absolute atomic E-state index is 12.4. The van der Waals surface area contributed by atoms with Crippen LogP contribution in [0.15, 0.2) is 84.0 Å². The lowest BCUT2D eigenvalue weighted by Gasteiger charge is -2.07. The molecule has 1 heterocycles. The predicted octanol–water partition coefficient (Wildman–Crippen LogP) is 5.67. The van der Waals surface area contributed by atoms with Gasteiger partial charge in [0.25, 0.3) is 0 Å². The molecule has 0 radical (unpaired) electrons. The minimum atomic E-state index is -2.88. The highest BCUT2D eigenvalue weighted by Gasteiger charge is 2.10. The number of aromatic amines is 1. The zero-order chi connectivity index (χ0) is 22.3. The number of hydrogen-bond donors (Lipinski definition) is 1. The molecule has 162 valence electrons. The van der Waals surface area contributed by atoms with Gasteiger partial charge in [-0.1, -0.05) is 42.5 Å². The monoisotopic (exact) mass is 452 g/mol. The Hall–Kier alpha value is -3.85. The third kappa shape index (κ3) is 5.44. The number of aromatic nitrogens is 3. The summed E-state index contributed by atoms with van der Waals surface area (Å²) in [4.78, 5) is 0. The maximum Gasteiger partial charge on any atom is 0.387 e. The van der Waals surface area contributed by atoms with Crippen LogP contribution in [0.3, 0.4) is 0 Å². The van der Waals surface area contributed by atoms with E-state index in [-0.39, 0.29) is 5.75 Å². The fourth-order valence-electron chi connectivity index (χ4n) is 2.92. The number of nitrogens with one attached hydrogen (secondary N) is 1. The van der Waals surface area contributed by atoms with Crippen LogP contribution in [0.1, 0.15) is 11.1 Å². The molecule has 0 aliphatic heterocycles. The van der Waals surface area contributed by atoms with Gasteiger partial charge in [-0.25, -0.2) is 5.10 Å². The molecule has 0 saturated carbocycles. The lowest BCUT2D eigenvalue weighted by atomic mass is 10.2. The van der Waals surface area contributed by atoms with Crippen LogP contribution in [-0.4, -0.2) is 27.7 Å². The van der Waals surface area contributed by atoms with E-state index in [1.165, 1.54) is 16.8 Å². The first kappa shape index (κ1) is 21.4. The Balaban J connectivity index is 1.50. The summed E-state index contributed by atoms with van der Waals surface area (Å²) < 4.78 is 36.7. The van der Waals surface area contributed by atoms with Crippen LogP contribution >= 0.6 is 12.2 Å². The van der Waals surface area contributed by atoms with E-state index in [1.807, 2.05) is 54.6 Å². The summed E-state index contributed by atoms with van der Waals surface area (Å²) >= 11 is 5.28. The second-order valence-corrected chi connectivity index (χ2v) is 7.05. The molecule has 0 bridgehead atoms. The van der Waals surface area contributed by atoms with Crippen molar-refractivity contribution in [3.05, 3.63) is 94.8 Å². The molecule has 0 aliphatic carbocycles. The summed E-state index contributed by atoms with van der Waals surface area (Å²) in [7, 11) is 0. The molecular weight excluding hydrogens is 434 g/mol. The average Bonchev–Trinajstić information content (AvgIpc) is 3.17. The average molecular weight is 452 g/mol. The molecular formula is C23H18F2N4O2S. The molecule has 0 amide bonds. The quantitative estimate of drug-likeness (QED) is 0.276. The Morgan fingerprint density at radius 3 is 2.53 bits per heavy atom. The van der Waals surface area contributed by atoms with Gasteiger partial charge in [-0.05, 0) is 59.7 Å². The van der Waals surface area contributed by atoms with E-state index in [0.29, 0.717) is 28.5 Å². The predicted molar refractivity (Wildman–Crippen MR) is 120 cm³/mol. The van der Waals surface area contributed by atoms with Crippen LogP contribution in [0.2, 0.25) is 0 Å². The molecule has 0 unspecified atom stereocenters. The zero-order valence-corrected chi connectivity index (χ0v) is 17.5. The van der Waals surface area contributed by atoms with Gasteiger partial charge in [0.05, 0.1) is 6.21 Å². The fraction of sp³-hybridized carbons (Fsp3) is 0.0870. The summed E-state index contributed by atoms with van der Waals surface area (Å²) in [5.74, 6) is 1.20. The van der Waals surface area contributed by atoms with Gasteiger partial charge in [-0.15, -0.1) is 0 Å². The first-order valence-electron chi connectivity index (χ1n) is 9.62. The van der Waals surface area contributed by atoms with Crippen molar-refractivity contribution in [2.24, 2.45) is 5.10 Å². The Kier molecular flexibility index (Phi) is 6.66. The SMILES string of the molecule is FC(F)Oc1ccc(-c2n[nH]c(=S)n2N=Cc2cccc(OCc3ccccc3)c2)cc1. The molecule has 0 atom stereocenters. The van der Waals surface area contributed by atoms with Gasteiger partial charge >= 0.3 is 6.61 Å². The summed E-state index contributed by atoms with van der Waals surface area (Å²) in [5, 5.41) is 11.3. The summed E-state index contributed by atoms with van der Waals surface area (Å²) in [6, 6.07) is 23.5. The Labute approximate surface area is 187 Å². The van der Waals surface area contributed by atoms with Crippen molar-refractivity contribution in [1.29, 1.82) is 0 Å². The number of ether oxygens (including phenoxy) is 2. The topological polar surface area (TPSA) is 64.4 Å². The van der Waals surface area contributed by atoms with E-state index in [2.05, 4.69) is 20.0 Å². The molecule has 0 fully saturated rings. The first-order valence-corrected chi connectivity index (χ1v) is 10.0. The smallest absolute Gasteiger partial charge is 0.387 e. The van der Waals surface area contributed by atoms with Crippen molar-refractivity contribution >= 4 is 18.4 Å². The van der Waals surface area contributed by atoms with Crippen LogP contribution in [0.5, 0.6) is 11.5 Å². The number of rotatable bonds is 8. The molecule has 0 aliphatic rings. The molecule has 0 spiro atoms. The van der Waals surface area contributed by atoms with Crippen LogP contribution in [0, 0.1) is 4.77 Å². The van der Waals surface area contributed by atoms with Gasteiger partial charge in [0, 0.05) is 5.56 Å².